The number of Topliss-reactive ketones (excluding diaryl/α,β-unsaturated/α-hetero) is 1. The van der Waals surface area contributed by atoms with Gasteiger partial charge in [0.15, 0.2) is 18.2 Å². The van der Waals surface area contributed by atoms with Gasteiger partial charge in [0.05, 0.1) is 15.7 Å². The standard InChI is InChI=1S/C22H17Cl3N4O3/c1-4-6-32-19-10-17(29(28-19)21-16(25)9-14(24)11-26-21)22(31)27-20-12(3)7-13(23)8-15(20)18(30)5-2/h1,7-11H,5-6H2,2-3H3,(H,27,31). The van der Waals surface area contributed by atoms with E-state index < -0.39 is 5.91 Å². The molecule has 1 amide bonds. The zero-order valence-corrected chi connectivity index (χ0v) is 19.3. The molecular weight excluding hydrogens is 475 g/mol. The number of halogens is 3. The number of pyridine rings is 1. The number of aromatic nitrogens is 3. The van der Waals surface area contributed by atoms with Crippen molar-refractivity contribution in [1.29, 1.82) is 0 Å². The third kappa shape index (κ3) is 5.05. The molecule has 0 atom stereocenters. The van der Waals surface area contributed by atoms with Crippen LogP contribution in [-0.4, -0.2) is 33.1 Å². The van der Waals surface area contributed by atoms with E-state index in [1.54, 1.807) is 19.9 Å². The average Bonchev–Trinajstić information content (AvgIpc) is 3.17. The molecular formula is C22H17Cl3N4O3. The highest BCUT2D eigenvalue weighted by molar-refractivity contribution is 6.35. The number of aryl methyl sites for hydroxylation is 1. The summed E-state index contributed by atoms with van der Waals surface area (Å²) in [7, 11) is 0. The van der Waals surface area contributed by atoms with Crippen LogP contribution in [0.25, 0.3) is 5.82 Å². The number of hydrogen-bond donors (Lipinski definition) is 1. The fraction of sp³-hybridized carbons (Fsp3) is 0.182. The van der Waals surface area contributed by atoms with E-state index in [1.807, 2.05) is 0 Å². The molecule has 0 aliphatic carbocycles. The third-order valence-corrected chi connectivity index (χ3v) is 5.08. The quantitative estimate of drug-likeness (QED) is 0.354. The van der Waals surface area contributed by atoms with Gasteiger partial charge < -0.3 is 10.1 Å². The van der Waals surface area contributed by atoms with Crippen molar-refractivity contribution in [3.05, 3.63) is 62.4 Å². The smallest absolute Gasteiger partial charge is 0.274 e. The lowest BCUT2D eigenvalue weighted by atomic mass is 10.0. The van der Waals surface area contributed by atoms with Gasteiger partial charge in [0.25, 0.3) is 5.91 Å². The van der Waals surface area contributed by atoms with E-state index in [1.165, 1.54) is 29.1 Å². The molecule has 0 radical (unpaired) electrons. The van der Waals surface area contributed by atoms with E-state index in [0.717, 1.165) is 0 Å². The monoisotopic (exact) mass is 490 g/mol. The number of benzene rings is 1. The van der Waals surface area contributed by atoms with Crippen LogP contribution >= 0.6 is 34.8 Å². The van der Waals surface area contributed by atoms with Gasteiger partial charge in [0.1, 0.15) is 5.69 Å². The molecule has 0 fully saturated rings. The molecule has 0 unspecified atom stereocenters. The molecule has 0 aliphatic rings. The molecule has 3 rings (SSSR count). The second-order valence-electron chi connectivity index (χ2n) is 6.61. The van der Waals surface area contributed by atoms with Crippen LogP contribution in [0.1, 0.15) is 39.8 Å². The lowest BCUT2D eigenvalue weighted by Gasteiger charge is -2.14. The fourth-order valence-electron chi connectivity index (χ4n) is 2.93. The summed E-state index contributed by atoms with van der Waals surface area (Å²) in [4.78, 5) is 29.9. The summed E-state index contributed by atoms with van der Waals surface area (Å²) >= 11 is 18.3. The average molecular weight is 492 g/mol. The molecule has 10 heteroatoms. The first-order chi connectivity index (χ1) is 15.2. The van der Waals surface area contributed by atoms with Crippen molar-refractivity contribution < 1.29 is 14.3 Å². The number of terminal acetylenes is 1. The number of ether oxygens (including phenoxy) is 1. The van der Waals surface area contributed by atoms with Crippen LogP contribution in [0.4, 0.5) is 5.69 Å². The number of nitrogens with zero attached hydrogens (tertiary/aromatic N) is 3. The summed E-state index contributed by atoms with van der Waals surface area (Å²) in [6.45, 7) is 3.41. The summed E-state index contributed by atoms with van der Waals surface area (Å²) in [5.74, 6) is 1.85. The predicted molar refractivity (Wildman–Crippen MR) is 124 cm³/mol. The minimum absolute atomic E-state index is 0.0503. The van der Waals surface area contributed by atoms with E-state index >= 15 is 0 Å². The predicted octanol–water partition coefficient (Wildman–Crippen LogP) is 5.39. The van der Waals surface area contributed by atoms with Gasteiger partial charge in [0, 0.05) is 29.3 Å². The van der Waals surface area contributed by atoms with Gasteiger partial charge >= 0.3 is 0 Å². The first-order valence-corrected chi connectivity index (χ1v) is 10.5. The van der Waals surface area contributed by atoms with Gasteiger partial charge in [-0.2, -0.15) is 0 Å². The molecule has 7 nitrogen and oxygen atoms in total. The van der Waals surface area contributed by atoms with Gasteiger partial charge in [-0.1, -0.05) is 47.6 Å². The van der Waals surface area contributed by atoms with Crippen molar-refractivity contribution in [1.82, 2.24) is 14.8 Å². The Morgan fingerprint density at radius 1 is 1.19 bits per heavy atom. The summed E-state index contributed by atoms with van der Waals surface area (Å²) in [6.07, 6.45) is 6.86. The Bertz CT molecular complexity index is 1250. The minimum Gasteiger partial charge on any atom is -0.463 e. The molecule has 2 heterocycles. The molecule has 0 saturated heterocycles. The van der Waals surface area contributed by atoms with Crippen LogP contribution < -0.4 is 10.1 Å². The Morgan fingerprint density at radius 3 is 2.59 bits per heavy atom. The Hall–Kier alpha value is -3.05. The zero-order valence-electron chi connectivity index (χ0n) is 17.1. The van der Waals surface area contributed by atoms with E-state index in [9.17, 15) is 9.59 Å². The zero-order chi connectivity index (χ0) is 23.4. The van der Waals surface area contributed by atoms with Crippen molar-refractivity contribution in [3.63, 3.8) is 0 Å². The van der Waals surface area contributed by atoms with Crippen molar-refractivity contribution >= 4 is 52.2 Å². The van der Waals surface area contributed by atoms with E-state index in [0.29, 0.717) is 26.9 Å². The Morgan fingerprint density at radius 2 is 1.94 bits per heavy atom. The molecule has 164 valence electrons. The molecule has 1 N–H and O–H groups in total. The summed E-state index contributed by atoms with van der Waals surface area (Å²) < 4.78 is 6.58. The SMILES string of the molecule is C#CCOc1cc(C(=O)Nc2c(C)cc(Cl)cc2C(=O)CC)n(-c2ncc(Cl)cc2Cl)n1. The number of rotatable bonds is 7. The number of carbonyl (C=O) groups is 2. The summed E-state index contributed by atoms with van der Waals surface area (Å²) in [5, 5.41) is 7.90. The van der Waals surface area contributed by atoms with Crippen molar-refractivity contribution in [2.45, 2.75) is 20.3 Å². The maximum absolute atomic E-state index is 13.3. The van der Waals surface area contributed by atoms with Crippen LogP contribution in [0.3, 0.4) is 0 Å². The van der Waals surface area contributed by atoms with Crippen LogP contribution in [0.2, 0.25) is 15.1 Å². The van der Waals surface area contributed by atoms with Crippen LogP contribution in [0.5, 0.6) is 5.88 Å². The minimum atomic E-state index is -0.573. The summed E-state index contributed by atoms with van der Waals surface area (Å²) in [6, 6.07) is 6.04. The maximum atomic E-state index is 13.3. The fourth-order valence-corrected chi connectivity index (χ4v) is 3.66. The first-order valence-electron chi connectivity index (χ1n) is 9.37. The second kappa shape index (κ2) is 10.0. The first kappa shape index (κ1) is 23.6. The van der Waals surface area contributed by atoms with Gasteiger partial charge in [-0.25, -0.2) is 9.67 Å². The van der Waals surface area contributed by atoms with Crippen LogP contribution in [-0.2, 0) is 0 Å². The van der Waals surface area contributed by atoms with Gasteiger partial charge in [-0.3, -0.25) is 9.59 Å². The highest BCUT2D eigenvalue weighted by Gasteiger charge is 2.23. The third-order valence-electron chi connectivity index (χ3n) is 4.37. The molecule has 32 heavy (non-hydrogen) atoms. The number of ketones is 1. The molecule has 3 aromatic rings. The molecule has 0 saturated carbocycles. The Balaban J connectivity index is 2.08. The van der Waals surface area contributed by atoms with E-state index in [2.05, 4.69) is 21.3 Å². The largest absolute Gasteiger partial charge is 0.463 e. The van der Waals surface area contributed by atoms with Crippen molar-refractivity contribution in [2.75, 3.05) is 11.9 Å². The normalized spacial score (nSPS) is 10.5. The number of amides is 1. The number of hydrogen-bond acceptors (Lipinski definition) is 5. The van der Waals surface area contributed by atoms with Crippen LogP contribution in [0, 0.1) is 19.3 Å². The highest BCUT2D eigenvalue weighted by Crippen LogP contribution is 2.29. The number of carbonyl (C=O) groups excluding carboxylic acids is 2. The lowest BCUT2D eigenvalue weighted by Crippen LogP contribution is -2.20. The molecule has 0 bridgehead atoms. The second-order valence-corrected chi connectivity index (χ2v) is 7.89. The van der Waals surface area contributed by atoms with Gasteiger partial charge in [0.2, 0.25) is 5.88 Å². The highest BCUT2D eigenvalue weighted by atomic mass is 35.5. The van der Waals surface area contributed by atoms with Gasteiger partial charge in [-0.15, -0.1) is 11.5 Å². The molecule has 0 spiro atoms. The van der Waals surface area contributed by atoms with Crippen molar-refractivity contribution in [2.24, 2.45) is 0 Å². The molecule has 2 aromatic heterocycles. The number of nitrogens with one attached hydrogen (secondary N) is 1. The number of anilines is 1. The van der Waals surface area contributed by atoms with E-state index in [-0.39, 0.29) is 41.2 Å². The Kier molecular flexibility index (Phi) is 7.41. The topological polar surface area (TPSA) is 86.1 Å². The molecule has 1 aromatic carbocycles. The summed E-state index contributed by atoms with van der Waals surface area (Å²) in [5.41, 5.74) is 1.33. The molecule has 0 aliphatic heterocycles. The lowest BCUT2D eigenvalue weighted by molar-refractivity contribution is 0.0989. The van der Waals surface area contributed by atoms with Crippen molar-refractivity contribution in [3.8, 4) is 24.0 Å². The maximum Gasteiger partial charge on any atom is 0.274 e. The van der Waals surface area contributed by atoms with Gasteiger partial charge in [-0.05, 0) is 30.7 Å². The Labute approximate surface area is 199 Å². The van der Waals surface area contributed by atoms with Crippen LogP contribution in [0.15, 0.2) is 30.5 Å². The van der Waals surface area contributed by atoms with E-state index in [4.69, 9.17) is 46.0 Å².